The number of halogens is 1. The highest BCUT2D eigenvalue weighted by atomic mass is 79.9. The first-order chi connectivity index (χ1) is 28.7. The van der Waals surface area contributed by atoms with Crippen LogP contribution < -0.4 is 14.9 Å². The minimum atomic E-state index is -1.72. The summed E-state index contributed by atoms with van der Waals surface area (Å²) in [7, 11) is 2.83. The summed E-state index contributed by atoms with van der Waals surface area (Å²) in [5.74, 6) is -1.54. The van der Waals surface area contributed by atoms with Crippen molar-refractivity contribution in [2.45, 2.75) is 112 Å². The van der Waals surface area contributed by atoms with Crippen molar-refractivity contribution in [1.82, 2.24) is 9.97 Å². The number of carbonyl (C=O) groups excluding carboxylic acids is 4. The van der Waals surface area contributed by atoms with Crippen molar-refractivity contribution in [1.29, 1.82) is 0 Å². The molecule has 4 aromatic heterocycles. The molecular formula is C41H62B3BrN2O14S4. The predicted octanol–water partition coefficient (Wildman–Crippen LogP) is 6.93. The average Bonchev–Trinajstić information content (AvgIpc) is 3.92. The summed E-state index contributed by atoms with van der Waals surface area (Å²) in [5.41, 5.74) is -0.0892. The number of ketones is 2. The number of carbonyl (C=O) groups is 4. The van der Waals surface area contributed by atoms with Crippen LogP contribution >= 0.6 is 65.6 Å². The molecule has 2 fully saturated rings. The molecule has 2 atom stereocenters. The number of hydrogen-bond donors (Lipinski definition) is 2. The van der Waals surface area contributed by atoms with Crippen LogP contribution in [0.4, 0.5) is 0 Å². The van der Waals surface area contributed by atoms with Gasteiger partial charge in [0.1, 0.15) is 0 Å². The number of esters is 2. The van der Waals surface area contributed by atoms with Crippen molar-refractivity contribution >= 4 is 136 Å². The zero-order chi connectivity index (χ0) is 46.7. The van der Waals surface area contributed by atoms with Crippen LogP contribution in [0.2, 0.25) is 0 Å². The predicted molar refractivity (Wildman–Crippen MR) is 270 cm³/mol. The molecule has 0 aromatic carbocycles. The fourth-order valence-electron chi connectivity index (χ4n) is 5.98. The van der Waals surface area contributed by atoms with Crippen LogP contribution in [-0.2, 0) is 37.7 Å². The average molecular weight is 1050 g/mol. The van der Waals surface area contributed by atoms with E-state index in [9.17, 15) is 29.2 Å². The highest BCUT2D eigenvalue weighted by Crippen LogP contribution is 2.43. The minimum absolute atomic E-state index is 0. The van der Waals surface area contributed by atoms with Gasteiger partial charge >= 0.3 is 33.1 Å². The Bertz CT molecular complexity index is 2230. The summed E-state index contributed by atoms with van der Waals surface area (Å²) in [6.45, 7) is 19.5. The molecule has 0 spiro atoms. The lowest BCUT2D eigenvalue weighted by Crippen LogP contribution is -2.41. The molecular weight excluding hydrogens is 985 g/mol. The number of rotatable bonds is 12. The van der Waals surface area contributed by atoms with Crippen molar-refractivity contribution in [2.24, 2.45) is 11.8 Å². The van der Waals surface area contributed by atoms with Gasteiger partial charge in [0.2, 0.25) is 11.8 Å². The van der Waals surface area contributed by atoms with Crippen molar-refractivity contribution < 1.29 is 66.8 Å². The molecule has 16 nitrogen and oxygen atoms in total. The Morgan fingerprint density at radius 3 is 1.32 bits per heavy atom. The van der Waals surface area contributed by atoms with E-state index in [2.05, 4.69) is 35.4 Å². The Labute approximate surface area is 412 Å². The molecule has 6 heterocycles. The molecule has 6 rings (SSSR count). The van der Waals surface area contributed by atoms with Crippen molar-refractivity contribution in [2.75, 3.05) is 28.4 Å². The number of hydrogen-bond acceptors (Lipinski definition) is 18. The second kappa shape index (κ2) is 24.0. The van der Waals surface area contributed by atoms with Crippen LogP contribution in [0, 0.1) is 11.8 Å². The van der Waals surface area contributed by atoms with Crippen LogP contribution in [-0.4, -0.2) is 116 Å². The second-order valence-electron chi connectivity index (χ2n) is 16.8. The molecule has 360 valence electrons. The Morgan fingerprint density at radius 1 is 0.662 bits per heavy atom. The summed E-state index contributed by atoms with van der Waals surface area (Å²) in [4.78, 5) is 56.8. The number of methoxy groups -OCH3 is 4. The minimum Gasteiger partial charge on any atom is -0.481 e. The summed E-state index contributed by atoms with van der Waals surface area (Å²) in [6.07, 6.45) is 0.157. The van der Waals surface area contributed by atoms with E-state index in [-0.39, 0.29) is 98.5 Å². The quantitative estimate of drug-likeness (QED) is 0.0838. The molecule has 0 saturated carbocycles. The number of ether oxygens (including phenoxy) is 4. The van der Waals surface area contributed by atoms with Crippen molar-refractivity contribution in [3.8, 4) is 11.8 Å². The van der Waals surface area contributed by atoms with Crippen LogP contribution in [0.15, 0.2) is 28.7 Å². The molecule has 0 amide bonds. The molecule has 2 aliphatic heterocycles. The third-order valence-corrected chi connectivity index (χ3v) is 13.9. The molecule has 2 N–H and O–H groups in total. The summed E-state index contributed by atoms with van der Waals surface area (Å²) in [5, 5.41) is 18.7. The third-order valence-electron chi connectivity index (χ3n) is 11.1. The first kappa shape index (κ1) is 60.3. The normalized spacial score (nSPS) is 17.1. The highest BCUT2D eigenvalue weighted by molar-refractivity contribution is 9.10. The highest BCUT2D eigenvalue weighted by Gasteiger charge is 2.63. The third kappa shape index (κ3) is 14.1. The molecule has 2 saturated heterocycles. The van der Waals surface area contributed by atoms with E-state index in [0.717, 1.165) is 9.17 Å². The number of fused-ring (bicyclic) bond motifs is 2. The van der Waals surface area contributed by atoms with Gasteiger partial charge in [0.05, 0.1) is 97.3 Å². The van der Waals surface area contributed by atoms with Crippen LogP contribution in [0.25, 0.3) is 20.4 Å². The van der Waals surface area contributed by atoms with E-state index < -0.39 is 38.9 Å². The lowest BCUT2D eigenvalue weighted by Gasteiger charge is -2.32. The maximum absolute atomic E-state index is 12.3. The van der Waals surface area contributed by atoms with Gasteiger partial charge in [0, 0.05) is 18.3 Å². The molecule has 24 heteroatoms. The van der Waals surface area contributed by atoms with Gasteiger partial charge in [-0.1, -0.05) is 21.3 Å². The van der Waals surface area contributed by atoms with E-state index >= 15 is 0 Å². The van der Waals surface area contributed by atoms with E-state index in [1.165, 1.54) is 57.2 Å². The number of aromatic nitrogens is 2. The van der Waals surface area contributed by atoms with Gasteiger partial charge in [-0.25, -0.2) is 9.97 Å². The smallest absolute Gasteiger partial charge is 0.481 e. The van der Waals surface area contributed by atoms with Crippen LogP contribution in [0.5, 0.6) is 11.8 Å². The van der Waals surface area contributed by atoms with Gasteiger partial charge in [0.15, 0.2) is 11.6 Å². The largest absolute Gasteiger partial charge is 0.494 e. The van der Waals surface area contributed by atoms with E-state index in [4.69, 9.17) is 28.1 Å². The van der Waals surface area contributed by atoms with Crippen molar-refractivity contribution in [3.63, 3.8) is 0 Å². The van der Waals surface area contributed by atoms with Gasteiger partial charge < -0.3 is 47.6 Å². The zero-order valence-corrected chi connectivity index (χ0v) is 43.7. The van der Waals surface area contributed by atoms with Crippen LogP contribution in [0.1, 0.15) is 109 Å². The number of thiophene rings is 2. The SMILES string of the molecule is C.CC1(C)OB(B2OC(C)(C)C(C)(C)O2)OC1(C)C.COC(=O)[C@@H](C)CC(=O)c1cc2nc(OC)c(B(O)O)cc2s1.COC(=O)[C@@H](C)CC(=O)c1cc2nc(OC)c(Br)cc2s1.S.S. The maximum atomic E-state index is 12.3. The van der Waals surface area contributed by atoms with Gasteiger partial charge in [-0.2, -0.15) is 27.0 Å². The lowest BCUT2D eigenvalue weighted by atomic mass is 9.49. The van der Waals surface area contributed by atoms with E-state index in [0.29, 0.717) is 31.4 Å². The molecule has 65 heavy (non-hydrogen) atoms. The summed E-state index contributed by atoms with van der Waals surface area (Å²) >= 11 is 5.89. The molecule has 0 radical (unpaired) electrons. The van der Waals surface area contributed by atoms with Gasteiger partial charge in [-0.15, -0.1) is 22.7 Å². The fourth-order valence-corrected chi connectivity index (χ4v) is 8.60. The Morgan fingerprint density at radius 2 is 1.00 bits per heavy atom. The molecule has 0 bridgehead atoms. The van der Waals surface area contributed by atoms with Gasteiger partial charge in [0.25, 0.3) is 0 Å². The Balaban J connectivity index is 0.000000480. The standard InChI is InChI=1S/C14H16BNO6S.C14H14BrNO4S.C12H24B2O4.CH4.2H2S/c1-7(14(18)22-3)4-10(17)12-6-9-11(23-12)5-8(15(19)20)13(16-9)21-2;1-7(14(18)20-3)4-10(17)12-6-9-11(21-12)5-8(15)13(16-9)19-2;1-9(2)10(3,4)16-13(15-9)14-17-11(5,6)12(7,8)18-14;;;/h5-7,19-20H,4H2,1-3H3;5-7H,4H2,1-3H3;1-8H3;1H4;2*1H2/t2*7-;;;;/m00..../s1. The fraction of sp³-hybridized carbons (Fsp3) is 0.561. The molecule has 2 aliphatic rings. The summed E-state index contributed by atoms with van der Waals surface area (Å²) in [6, 6.07) is 6.72. The molecule has 4 aromatic rings. The number of nitrogens with zero attached hydrogens (tertiary/aromatic N) is 2. The Kier molecular flexibility index (Phi) is 22.2. The monoisotopic (exact) mass is 1050 g/mol. The van der Waals surface area contributed by atoms with Gasteiger partial charge in [-0.05, 0) is 95.6 Å². The van der Waals surface area contributed by atoms with Gasteiger partial charge in [-0.3, -0.25) is 19.2 Å². The topological polar surface area (TPSA) is 208 Å². The molecule has 0 aliphatic carbocycles. The van der Waals surface area contributed by atoms with Crippen molar-refractivity contribution in [3.05, 3.63) is 38.5 Å². The lowest BCUT2D eigenvalue weighted by molar-refractivity contribution is -0.145. The second-order valence-corrected chi connectivity index (χ2v) is 19.8. The van der Waals surface area contributed by atoms with Crippen LogP contribution in [0.3, 0.4) is 0 Å². The summed E-state index contributed by atoms with van der Waals surface area (Å²) < 4.78 is 45.5. The first-order valence-corrected chi connectivity index (χ1v) is 22.1. The van der Waals surface area contributed by atoms with E-state index in [1.807, 2.05) is 61.5 Å². The number of pyridine rings is 2. The number of Topliss-reactive ketones (excluding diaryl/α,β-unsaturated/α-hetero) is 2. The Hall–Kier alpha value is -2.77. The first-order valence-electron chi connectivity index (χ1n) is 19.6. The molecule has 0 unspecified atom stereocenters. The maximum Gasteiger partial charge on any atom is 0.494 e. The van der Waals surface area contributed by atoms with E-state index in [1.54, 1.807) is 26.0 Å². The zero-order valence-electron chi connectivity index (χ0n) is 38.5.